The van der Waals surface area contributed by atoms with Crippen LogP contribution in [-0.2, 0) is 25.8 Å². The molecule has 0 aliphatic carbocycles. The maximum atomic E-state index is 13.8. The van der Waals surface area contributed by atoms with Gasteiger partial charge in [-0.15, -0.1) is 0 Å². The van der Waals surface area contributed by atoms with Crippen LogP contribution in [0.3, 0.4) is 0 Å². The maximum absolute atomic E-state index is 13.8. The predicted octanol–water partition coefficient (Wildman–Crippen LogP) is 5.24. The van der Waals surface area contributed by atoms with Crippen molar-refractivity contribution in [2.24, 2.45) is 0 Å². The number of fused-ring (bicyclic) bond motifs is 2. The lowest BCUT2D eigenvalue weighted by Gasteiger charge is -2.41. The second-order valence-electron chi connectivity index (χ2n) is 9.56. The van der Waals surface area contributed by atoms with Crippen molar-refractivity contribution in [3.05, 3.63) is 90.5 Å². The van der Waals surface area contributed by atoms with E-state index < -0.39 is 9.84 Å². The van der Waals surface area contributed by atoms with Crippen LogP contribution < -0.4 is 9.80 Å². The summed E-state index contributed by atoms with van der Waals surface area (Å²) in [5.41, 5.74) is 3.97. The molecule has 0 unspecified atom stereocenters. The van der Waals surface area contributed by atoms with E-state index in [-0.39, 0.29) is 29.2 Å². The summed E-state index contributed by atoms with van der Waals surface area (Å²) in [4.78, 5) is 30.0. The first-order valence-corrected chi connectivity index (χ1v) is 14.0. The van der Waals surface area contributed by atoms with Crippen LogP contribution in [0, 0.1) is 0 Å². The van der Waals surface area contributed by atoms with Gasteiger partial charge in [-0.25, -0.2) is 8.42 Å². The largest absolute Gasteiger partial charge is 0.308 e. The Kier molecular flexibility index (Phi) is 6.33. The van der Waals surface area contributed by atoms with Crippen LogP contribution >= 0.6 is 0 Å². The molecule has 0 saturated carbocycles. The Morgan fingerprint density at radius 1 is 0.865 bits per heavy atom. The molecular weight excluding hydrogens is 484 g/mol. The molecule has 4 aromatic rings. The lowest BCUT2D eigenvalue weighted by Crippen LogP contribution is -2.51. The molecular formula is C30H28N2O4S. The molecule has 1 aliphatic rings. The van der Waals surface area contributed by atoms with Gasteiger partial charge in [0.2, 0.25) is 11.8 Å². The molecule has 0 N–H and O–H groups in total. The van der Waals surface area contributed by atoms with E-state index >= 15 is 0 Å². The third-order valence-corrected chi connectivity index (χ3v) is 8.02. The number of hydrogen-bond acceptors (Lipinski definition) is 4. The Hall–Kier alpha value is -3.97. The second kappa shape index (κ2) is 9.48. The standard InChI is InChI=1S/C30H28N2O4S/c1-20-19-31(30(34)18-25-9-6-8-23-7-4-5-10-27(23)25)29-17-24(13-16-28(29)32(20)21(2)33)22-11-14-26(15-12-22)37(3,35)36/h4-17,20H,18-19H2,1-3H3/t20-/m0/s1. The highest BCUT2D eigenvalue weighted by Crippen LogP contribution is 2.39. The summed E-state index contributed by atoms with van der Waals surface area (Å²) in [5.74, 6) is -0.127. The van der Waals surface area contributed by atoms with E-state index in [9.17, 15) is 18.0 Å². The quantitative estimate of drug-likeness (QED) is 0.375. The minimum absolute atomic E-state index is 0.0442. The molecule has 7 heteroatoms. The zero-order valence-electron chi connectivity index (χ0n) is 21.0. The summed E-state index contributed by atoms with van der Waals surface area (Å²) in [6, 6.07) is 26.2. The van der Waals surface area contributed by atoms with E-state index in [0.717, 1.165) is 27.5 Å². The number of benzene rings is 4. The molecule has 188 valence electrons. The summed E-state index contributed by atoms with van der Waals surface area (Å²) in [6.07, 6.45) is 1.42. The van der Waals surface area contributed by atoms with Crippen LogP contribution in [0.4, 0.5) is 11.4 Å². The predicted molar refractivity (Wildman–Crippen MR) is 148 cm³/mol. The van der Waals surface area contributed by atoms with Crippen LogP contribution in [0.2, 0.25) is 0 Å². The highest BCUT2D eigenvalue weighted by Gasteiger charge is 2.33. The summed E-state index contributed by atoms with van der Waals surface area (Å²) in [7, 11) is -3.30. The third kappa shape index (κ3) is 4.74. The van der Waals surface area contributed by atoms with Crippen molar-refractivity contribution < 1.29 is 18.0 Å². The van der Waals surface area contributed by atoms with Crippen molar-refractivity contribution in [3.63, 3.8) is 0 Å². The van der Waals surface area contributed by atoms with Crippen molar-refractivity contribution >= 4 is 43.8 Å². The fourth-order valence-corrected chi connectivity index (χ4v) is 5.75. The molecule has 0 radical (unpaired) electrons. The lowest BCUT2D eigenvalue weighted by atomic mass is 9.98. The van der Waals surface area contributed by atoms with E-state index in [1.807, 2.05) is 67.6 Å². The highest BCUT2D eigenvalue weighted by atomic mass is 32.2. The maximum Gasteiger partial charge on any atom is 0.231 e. The number of hydrogen-bond donors (Lipinski definition) is 0. The smallest absolute Gasteiger partial charge is 0.231 e. The Balaban J connectivity index is 1.55. The molecule has 2 amide bonds. The summed E-state index contributed by atoms with van der Waals surface area (Å²) < 4.78 is 23.7. The lowest BCUT2D eigenvalue weighted by molar-refractivity contribution is -0.119. The van der Waals surface area contributed by atoms with Crippen LogP contribution in [0.5, 0.6) is 0 Å². The van der Waals surface area contributed by atoms with E-state index in [0.29, 0.717) is 17.9 Å². The van der Waals surface area contributed by atoms with Crippen molar-refractivity contribution in [2.45, 2.75) is 31.2 Å². The molecule has 0 saturated heterocycles. The molecule has 1 aliphatic heterocycles. The average Bonchev–Trinajstić information content (AvgIpc) is 2.87. The van der Waals surface area contributed by atoms with Gasteiger partial charge in [-0.3, -0.25) is 9.59 Å². The van der Waals surface area contributed by atoms with Crippen molar-refractivity contribution in [3.8, 4) is 11.1 Å². The number of rotatable bonds is 4. The molecule has 0 fully saturated rings. The van der Waals surface area contributed by atoms with Gasteiger partial charge in [0.25, 0.3) is 0 Å². The Morgan fingerprint density at radius 2 is 1.54 bits per heavy atom. The van der Waals surface area contributed by atoms with Crippen molar-refractivity contribution in [1.29, 1.82) is 0 Å². The molecule has 37 heavy (non-hydrogen) atoms. The third-order valence-electron chi connectivity index (χ3n) is 6.89. The van der Waals surface area contributed by atoms with Crippen molar-refractivity contribution in [1.82, 2.24) is 0 Å². The fourth-order valence-electron chi connectivity index (χ4n) is 5.12. The minimum Gasteiger partial charge on any atom is -0.308 e. The fraction of sp³-hybridized carbons (Fsp3) is 0.200. The average molecular weight is 513 g/mol. The Bertz CT molecular complexity index is 1620. The summed E-state index contributed by atoms with van der Waals surface area (Å²) in [6.45, 7) is 3.86. The second-order valence-corrected chi connectivity index (χ2v) is 11.6. The molecule has 4 aromatic carbocycles. The van der Waals surface area contributed by atoms with E-state index in [1.165, 1.54) is 13.2 Å². The normalized spacial score (nSPS) is 15.5. The first-order chi connectivity index (χ1) is 17.6. The van der Waals surface area contributed by atoms with Gasteiger partial charge in [0.1, 0.15) is 0 Å². The minimum atomic E-state index is -3.30. The number of nitrogens with zero attached hydrogens (tertiary/aromatic N) is 2. The Morgan fingerprint density at radius 3 is 2.24 bits per heavy atom. The summed E-state index contributed by atoms with van der Waals surface area (Å²) in [5, 5.41) is 2.14. The molecule has 0 bridgehead atoms. The van der Waals surface area contributed by atoms with Gasteiger partial charge in [0.05, 0.1) is 28.7 Å². The van der Waals surface area contributed by atoms with Gasteiger partial charge in [-0.05, 0) is 58.7 Å². The molecule has 0 spiro atoms. The number of anilines is 2. The number of carbonyl (C=O) groups is 2. The molecule has 5 rings (SSSR count). The van der Waals surface area contributed by atoms with Crippen molar-refractivity contribution in [2.75, 3.05) is 22.6 Å². The first kappa shape index (κ1) is 24.7. The monoisotopic (exact) mass is 512 g/mol. The summed E-state index contributed by atoms with van der Waals surface area (Å²) >= 11 is 0. The molecule has 1 heterocycles. The molecule has 1 atom stereocenters. The highest BCUT2D eigenvalue weighted by molar-refractivity contribution is 7.90. The molecule has 6 nitrogen and oxygen atoms in total. The number of amides is 2. The first-order valence-electron chi connectivity index (χ1n) is 12.1. The van der Waals surface area contributed by atoms with E-state index in [4.69, 9.17) is 0 Å². The van der Waals surface area contributed by atoms with Gasteiger partial charge < -0.3 is 9.80 Å². The van der Waals surface area contributed by atoms with Gasteiger partial charge in [0.15, 0.2) is 9.84 Å². The van der Waals surface area contributed by atoms with Gasteiger partial charge in [-0.1, -0.05) is 60.7 Å². The van der Waals surface area contributed by atoms with E-state index in [2.05, 4.69) is 0 Å². The van der Waals surface area contributed by atoms with E-state index in [1.54, 1.807) is 34.1 Å². The van der Waals surface area contributed by atoms with Crippen LogP contribution in [0.15, 0.2) is 89.8 Å². The number of carbonyl (C=O) groups excluding carboxylic acids is 2. The zero-order chi connectivity index (χ0) is 26.3. The topological polar surface area (TPSA) is 74.8 Å². The van der Waals surface area contributed by atoms with Gasteiger partial charge >= 0.3 is 0 Å². The van der Waals surface area contributed by atoms with Crippen LogP contribution in [0.1, 0.15) is 19.4 Å². The van der Waals surface area contributed by atoms with Gasteiger partial charge in [0, 0.05) is 19.7 Å². The molecule has 0 aromatic heterocycles. The zero-order valence-corrected chi connectivity index (χ0v) is 21.8. The Labute approximate surface area is 217 Å². The SMILES string of the molecule is CC(=O)N1c2ccc(-c3ccc(S(C)(=O)=O)cc3)cc2N(C(=O)Cc2cccc3ccccc23)C[C@@H]1C. The van der Waals surface area contributed by atoms with Crippen LogP contribution in [-0.4, -0.2) is 39.1 Å². The van der Waals surface area contributed by atoms with Gasteiger partial charge in [-0.2, -0.15) is 0 Å². The number of sulfone groups is 1. The van der Waals surface area contributed by atoms with Crippen LogP contribution in [0.25, 0.3) is 21.9 Å².